The molecule has 1 saturated heterocycles. The van der Waals surface area contributed by atoms with Crippen LogP contribution in [0.1, 0.15) is 59.2 Å². The highest BCUT2D eigenvalue weighted by molar-refractivity contribution is 6.24. The molecule has 2 amide bonds. The predicted molar refractivity (Wildman–Crippen MR) is 157 cm³/mol. The lowest BCUT2D eigenvalue weighted by atomic mass is 9.58. The fourth-order valence-electron chi connectivity index (χ4n) is 7.67. The van der Waals surface area contributed by atoms with Crippen LogP contribution >= 0.6 is 0 Å². The monoisotopic (exact) mass is 619 g/mol. The van der Waals surface area contributed by atoms with Crippen LogP contribution < -0.4 is 11.1 Å². The van der Waals surface area contributed by atoms with E-state index in [0.717, 1.165) is 19.8 Å². The van der Waals surface area contributed by atoms with E-state index in [-0.39, 0.29) is 36.1 Å². The molecule has 236 valence electrons. The van der Waals surface area contributed by atoms with Gasteiger partial charge in [-0.3, -0.25) is 24.1 Å². The zero-order valence-electron chi connectivity index (χ0n) is 24.5. The highest BCUT2D eigenvalue weighted by atomic mass is 19.1. The maximum atomic E-state index is 16.2. The molecule has 4 atom stereocenters. The molecule has 1 heterocycles. The number of primary amides is 1. The van der Waals surface area contributed by atoms with Crippen molar-refractivity contribution in [1.29, 1.82) is 0 Å². The molecular weight excluding hydrogens is 585 g/mol. The number of rotatable bonds is 5. The number of likely N-dealkylation sites (tertiary alicyclic amines) is 1. The minimum atomic E-state index is -2.90. The van der Waals surface area contributed by atoms with E-state index in [2.05, 4.69) is 22.3 Å². The maximum Gasteiger partial charge on any atom is 0.255 e. The second-order valence-electron chi connectivity index (χ2n) is 12.4. The zero-order chi connectivity index (χ0) is 32.4. The summed E-state index contributed by atoms with van der Waals surface area (Å²) in [5.41, 5.74) is 1.99. The van der Waals surface area contributed by atoms with Crippen molar-refractivity contribution in [3.8, 4) is 5.75 Å². The fraction of sp³-hybridized carbons (Fsp3) is 0.394. The van der Waals surface area contributed by atoms with Crippen LogP contribution in [0.5, 0.6) is 5.75 Å². The number of allylic oxidation sites excluding steroid dienone is 1. The first-order valence-electron chi connectivity index (χ1n) is 14.9. The van der Waals surface area contributed by atoms with Crippen molar-refractivity contribution in [2.45, 2.75) is 56.7 Å². The number of carbonyl (C=O) groups is 4. The highest BCUT2D eigenvalue weighted by Gasteiger charge is 2.63. The van der Waals surface area contributed by atoms with Crippen LogP contribution in [0, 0.1) is 17.7 Å². The van der Waals surface area contributed by atoms with Gasteiger partial charge in [-0.05, 0) is 62.2 Å². The number of amides is 2. The minimum absolute atomic E-state index is 0.0584. The normalized spacial score (nSPS) is 27.1. The molecule has 6 rings (SSSR count). The quantitative estimate of drug-likeness (QED) is 0.273. The van der Waals surface area contributed by atoms with Gasteiger partial charge in [-0.1, -0.05) is 30.3 Å². The molecule has 4 aliphatic rings. The molecule has 45 heavy (non-hydrogen) atoms. The number of hydrogen-bond acceptors (Lipinski definition) is 9. The molecule has 0 saturated carbocycles. The maximum absolute atomic E-state index is 16.2. The van der Waals surface area contributed by atoms with Crippen LogP contribution in [0.15, 0.2) is 59.1 Å². The summed E-state index contributed by atoms with van der Waals surface area (Å²) in [6.07, 6.45) is 1.33. The lowest BCUT2D eigenvalue weighted by molar-refractivity contribution is -0.147. The van der Waals surface area contributed by atoms with Crippen molar-refractivity contribution in [1.82, 2.24) is 10.2 Å². The number of piperidine rings is 1. The Labute approximate surface area is 257 Å². The number of aliphatic hydroxyl groups excluding tert-OH is 2. The van der Waals surface area contributed by atoms with E-state index in [1.54, 1.807) is 0 Å². The van der Waals surface area contributed by atoms with Crippen molar-refractivity contribution in [2.75, 3.05) is 13.1 Å². The summed E-state index contributed by atoms with van der Waals surface area (Å²) in [5.74, 6) is -9.60. The molecule has 2 aromatic rings. The molecular formula is C33H34FN3O8. The number of phenolic OH excluding ortho intramolecular Hbond substituents is 1. The van der Waals surface area contributed by atoms with Crippen molar-refractivity contribution in [3.05, 3.63) is 87.1 Å². The van der Waals surface area contributed by atoms with Crippen molar-refractivity contribution in [3.63, 3.8) is 0 Å². The van der Waals surface area contributed by atoms with Crippen LogP contribution in [0.3, 0.4) is 0 Å². The van der Waals surface area contributed by atoms with E-state index in [9.17, 15) is 39.6 Å². The van der Waals surface area contributed by atoms with E-state index in [1.165, 1.54) is 11.6 Å². The number of hydrogen-bond donors (Lipinski definition) is 6. The van der Waals surface area contributed by atoms with Gasteiger partial charge >= 0.3 is 0 Å². The second-order valence-corrected chi connectivity index (χ2v) is 12.4. The van der Waals surface area contributed by atoms with Gasteiger partial charge in [-0.15, -0.1) is 0 Å². The van der Waals surface area contributed by atoms with Gasteiger partial charge in [-0.25, -0.2) is 4.39 Å². The number of aromatic hydroxyl groups is 1. The molecule has 0 bridgehead atoms. The molecule has 0 radical (unpaired) electrons. The Morgan fingerprint density at radius 1 is 1.09 bits per heavy atom. The molecule has 0 unspecified atom stereocenters. The largest absolute Gasteiger partial charge is 0.509 e. The molecule has 0 aromatic heterocycles. The van der Waals surface area contributed by atoms with E-state index in [4.69, 9.17) is 5.73 Å². The van der Waals surface area contributed by atoms with E-state index in [1.807, 2.05) is 18.2 Å². The summed E-state index contributed by atoms with van der Waals surface area (Å²) in [4.78, 5) is 53.3. The number of ketones is 2. The lowest BCUT2D eigenvalue weighted by Gasteiger charge is -2.48. The molecule has 1 aliphatic heterocycles. The Kier molecular flexibility index (Phi) is 7.52. The summed E-state index contributed by atoms with van der Waals surface area (Å²) < 4.78 is 16.2. The number of fused-ring (bicyclic) bond motifs is 3. The van der Waals surface area contributed by atoms with E-state index in [0.29, 0.717) is 19.0 Å². The van der Waals surface area contributed by atoms with Crippen LogP contribution in [0.2, 0.25) is 0 Å². The summed E-state index contributed by atoms with van der Waals surface area (Å²) in [5, 5.41) is 47.1. The van der Waals surface area contributed by atoms with Gasteiger partial charge < -0.3 is 31.5 Å². The third-order valence-electron chi connectivity index (χ3n) is 9.82. The first kappa shape index (κ1) is 30.5. The molecule has 11 nitrogen and oxygen atoms in total. The SMILES string of the molecule is CC(=O)N[C@@H]1C(O)=C(C(N)=O)C(=O)[C@@]2(O)C(O)=C3C(=O)c4c(O)cc(CN5CCC(c6ccccc6)CC5)c(F)c4C[C@H]3C[C@@H]12. The number of nitrogens with zero attached hydrogens (tertiary/aromatic N) is 1. The van der Waals surface area contributed by atoms with Crippen LogP contribution in [0.25, 0.3) is 0 Å². The van der Waals surface area contributed by atoms with Crippen molar-refractivity contribution < 1.29 is 44.0 Å². The Morgan fingerprint density at radius 3 is 2.38 bits per heavy atom. The average molecular weight is 620 g/mol. The smallest absolute Gasteiger partial charge is 0.255 e. The third kappa shape index (κ3) is 4.79. The van der Waals surface area contributed by atoms with Gasteiger partial charge in [0.25, 0.3) is 5.91 Å². The number of Topliss-reactive ketones (excluding diaryl/α,β-unsaturated/α-hetero) is 2. The van der Waals surface area contributed by atoms with Crippen LogP contribution in [-0.4, -0.2) is 73.4 Å². The van der Waals surface area contributed by atoms with E-state index >= 15 is 4.39 Å². The molecule has 7 N–H and O–H groups in total. The number of benzene rings is 2. The number of carbonyl (C=O) groups excluding carboxylic acids is 4. The lowest BCUT2D eigenvalue weighted by Crippen LogP contribution is -2.64. The summed E-state index contributed by atoms with van der Waals surface area (Å²) >= 11 is 0. The van der Waals surface area contributed by atoms with Crippen LogP contribution in [-0.2, 0) is 27.3 Å². The van der Waals surface area contributed by atoms with E-state index < -0.39 is 81.1 Å². The topological polar surface area (TPSA) is 190 Å². The standard InChI is InChI=1S/C33H34FN3O8/c1-15(38)36-27-21-12-18-11-20-24(28(40)23(18)30(42)33(21,45)31(43)25(29(27)41)32(35)44)22(39)13-19(26(20)34)14-37-9-7-17(8-10-37)16-5-3-2-4-6-16/h2-6,13,17-18,21,27,39,41-42,45H,7-12,14H2,1H3,(H2,35,44)(H,36,38)/t18-,21-,27-,33-/m0/s1. The van der Waals surface area contributed by atoms with Gasteiger partial charge in [0.2, 0.25) is 11.7 Å². The molecule has 0 spiro atoms. The molecule has 2 aromatic carbocycles. The van der Waals surface area contributed by atoms with Crippen LogP contribution in [0.4, 0.5) is 4.39 Å². The number of aliphatic hydroxyl groups is 3. The van der Waals surface area contributed by atoms with Gasteiger partial charge in [0, 0.05) is 36.1 Å². The molecule has 12 heteroatoms. The van der Waals surface area contributed by atoms with Gasteiger partial charge in [0.1, 0.15) is 28.7 Å². The number of phenols is 1. The minimum Gasteiger partial charge on any atom is -0.509 e. The zero-order valence-corrected chi connectivity index (χ0v) is 24.5. The van der Waals surface area contributed by atoms with Gasteiger partial charge in [-0.2, -0.15) is 0 Å². The molecule has 1 fully saturated rings. The Hall–Kier alpha value is -4.55. The highest BCUT2D eigenvalue weighted by Crippen LogP contribution is 2.52. The average Bonchev–Trinajstić information content (AvgIpc) is 3.00. The third-order valence-corrected chi connectivity index (χ3v) is 9.82. The van der Waals surface area contributed by atoms with Gasteiger partial charge in [0.15, 0.2) is 11.4 Å². The first-order chi connectivity index (χ1) is 21.3. The number of nitrogens with two attached hydrogens (primary N) is 1. The van der Waals surface area contributed by atoms with Crippen molar-refractivity contribution >= 4 is 23.4 Å². The second kappa shape index (κ2) is 11.1. The fourth-order valence-corrected chi connectivity index (χ4v) is 7.67. The summed E-state index contributed by atoms with van der Waals surface area (Å²) in [6.45, 7) is 2.74. The predicted octanol–water partition coefficient (Wildman–Crippen LogP) is 2.21. The Balaban J connectivity index is 1.33. The number of nitrogens with one attached hydrogen (secondary N) is 1. The van der Waals surface area contributed by atoms with Crippen molar-refractivity contribution in [2.24, 2.45) is 17.6 Å². The van der Waals surface area contributed by atoms with Gasteiger partial charge in [0.05, 0.1) is 11.6 Å². The summed E-state index contributed by atoms with van der Waals surface area (Å²) in [6, 6.07) is 9.85. The Bertz CT molecular complexity index is 1690. The number of halogens is 1. The molecule has 3 aliphatic carbocycles. The Morgan fingerprint density at radius 2 is 1.76 bits per heavy atom. The summed E-state index contributed by atoms with van der Waals surface area (Å²) in [7, 11) is 0. The first-order valence-corrected chi connectivity index (χ1v) is 14.9.